The quantitative estimate of drug-likeness (QED) is 0.227. The Hall–Kier alpha value is -4.49. The maximum Gasteiger partial charge on any atom is 0.416 e. The number of para-hydroxylation sites is 1. The van der Waals surface area contributed by atoms with Crippen LogP contribution in [0.3, 0.4) is 0 Å². The lowest BCUT2D eigenvalue weighted by atomic mass is 10.1. The largest absolute Gasteiger partial charge is 0.490 e. The molecule has 0 fully saturated rings. The summed E-state index contributed by atoms with van der Waals surface area (Å²) in [6.07, 6.45) is -3.39. The number of alkyl halides is 3. The van der Waals surface area contributed by atoms with Gasteiger partial charge in [-0.05, 0) is 67.4 Å². The molecule has 0 aliphatic carbocycles. The molecule has 0 spiro atoms. The Morgan fingerprint density at radius 2 is 1.79 bits per heavy atom. The molecule has 0 aliphatic heterocycles. The van der Waals surface area contributed by atoms with E-state index in [1.165, 1.54) is 24.3 Å². The Balaban J connectivity index is 1.79. The normalized spacial score (nSPS) is 11.4. The summed E-state index contributed by atoms with van der Waals surface area (Å²) in [6, 6.07) is 15.9. The topological polar surface area (TPSA) is 100 Å². The Bertz CT molecular complexity index is 1450. The lowest BCUT2D eigenvalue weighted by Gasteiger charge is -2.15. The third-order valence-corrected chi connectivity index (χ3v) is 5.50. The second-order valence-corrected chi connectivity index (χ2v) is 8.52. The number of carbonyl (C=O) groups excluding carboxylic acids is 2. The summed E-state index contributed by atoms with van der Waals surface area (Å²) in [7, 11) is 0. The van der Waals surface area contributed by atoms with Crippen LogP contribution in [-0.2, 0) is 15.8 Å². The first kappa shape index (κ1) is 29.1. The number of nitrogens with one attached hydrogen (secondary N) is 2. The van der Waals surface area contributed by atoms with Gasteiger partial charge in [-0.2, -0.15) is 18.4 Å². The lowest BCUT2D eigenvalue weighted by Crippen LogP contribution is -2.21. The van der Waals surface area contributed by atoms with E-state index in [9.17, 15) is 28.0 Å². The fraction of sp³-hybridized carbons (Fsp3) is 0.179. The highest BCUT2D eigenvalue weighted by Crippen LogP contribution is 2.37. The average Bonchev–Trinajstić information content (AvgIpc) is 2.88. The molecule has 3 rings (SSSR count). The molecule has 7 nitrogen and oxygen atoms in total. The van der Waals surface area contributed by atoms with Crippen LogP contribution in [0.5, 0.6) is 11.5 Å². The SMILES string of the molecule is CCOc1cc(/C=C(\C#N)C(=O)Nc2cccc(C(F)(F)F)c2)cc(Cl)c1OCC(=O)Nc1ccccc1C. The molecule has 11 heteroatoms. The van der Waals surface area contributed by atoms with Gasteiger partial charge in [0, 0.05) is 11.4 Å². The number of halogens is 4. The molecule has 0 aromatic heterocycles. The van der Waals surface area contributed by atoms with Crippen molar-refractivity contribution < 1.29 is 32.2 Å². The summed E-state index contributed by atoms with van der Waals surface area (Å²) in [5.74, 6) is -1.10. The van der Waals surface area contributed by atoms with Gasteiger partial charge in [0.25, 0.3) is 11.8 Å². The smallest absolute Gasteiger partial charge is 0.416 e. The maximum absolute atomic E-state index is 13.0. The third kappa shape index (κ3) is 7.99. The number of nitriles is 1. The molecular formula is C28H23ClF3N3O4. The van der Waals surface area contributed by atoms with Crippen LogP contribution in [0.1, 0.15) is 23.6 Å². The predicted octanol–water partition coefficient (Wildman–Crippen LogP) is 6.63. The first-order valence-corrected chi connectivity index (χ1v) is 11.9. The van der Waals surface area contributed by atoms with Gasteiger partial charge in [0.2, 0.25) is 0 Å². The van der Waals surface area contributed by atoms with E-state index in [4.69, 9.17) is 21.1 Å². The highest BCUT2D eigenvalue weighted by molar-refractivity contribution is 6.32. The van der Waals surface area contributed by atoms with Crippen LogP contribution in [0.2, 0.25) is 5.02 Å². The number of rotatable bonds is 9. The van der Waals surface area contributed by atoms with Gasteiger partial charge in [0.05, 0.1) is 17.2 Å². The molecule has 3 aromatic rings. The van der Waals surface area contributed by atoms with E-state index in [1.54, 1.807) is 25.1 Å². The number of benzene rings is 3. The minimum absolute atomic E-state index is 0.0477. The van der Waals surface area contributed by atoms with E-state index in [-0.39, 0.29) is 41.0 Å². The van der Waals surface area contributed by atoms with Crippen molar-refractivity contribution in [3.8, 4) is 17.6 Å². The fourth-order valence-corrected chi connectivity index (χ4v) is 3.67. The Morgan fingerprint density at radius 1 is 1.05 bits per heavy atom. The fourth-order valence-electron chi connectivity index (χ4n) is 3.40. The number of nitrogens with zero attached hydrogens (tertiary/aromatic N) is 1. The Labute approximate surface area is 227 Å². The number of amides is 2. The second-order valence-electron chi connectivity index (χ2n) is 8.12. The minimum atomic E-state index is -4.59. The van der Waals surface area contributed by atoms with E-state index < -0.39 is 29.1 Å². The number of hydrogen-bond acceptors (Lipinski definition) is 5. The molecule has 39 heavy (non-hydrogen) atoms. The molecule has 0 saturated carbocycles. The summed E-state index contributed by atoms with van der Waals surface area (Å²) in [5.41, 5.74) is 0.333. The molecule has 0 aliphatic rings. The summed E-state index contributed by atoms with van der Waals surface area (Å²) in [5, 5.41) is 14.6. The standard InChI is InChI=1S/C28H23ClF3N3O4/c1-3-38-24-13-18(11-19(15-33)27(37)34-21-9-6-8-20(14-21)28(30,31)32)12-22(29)26(24)39-16-25(36)35-23-10-5-4-7-17(23)2/h4-14H,3,16H2,1-2H3,(H,34,37)(H,35,36)/b19-11+. The number of aryl methyl sites for hydroxylation is 1. The van der Waals surface area contributed by atoms with Crippen molar-refractivity contribution in [2.45, 2.75) is 20.0 Å². The van der Waals surface area contributed by atoms with Crippen LogP contribution in [0.15, 0.2) is 66.2 Å². The number of ether oxygens (including phenoxy) is 2. The number of anilines is 2. The molecule has 0 heterocycles. The molecule has 2 N–H and O–H groups in total. The van der Waals surface area contributed by atoms with E-state index in [1.807, 2.05) is 19.1 Å². The monoisotopic (exact) mass is 557 g/mol. The van der Waals surface area contributed by atoms with Crippen LogP contribution in [-0.4, -0.2) is 25.0 Å². The van der Waals surface area contributed by atoms with Crippen molar-refractivity contribution in [3.63, 3.8) is 0 Å². The van der Waals surface area contributed by atoms with E-state index in [0.29, 0.717) is 5.69 Å². The van der Waals surface area contributed by atoms with Gasteiger partial charge >= 0.3 is 6.18 Å². The van der Waals surface area contributed by atoms with Crippen molar-refractivity contribution >= 4 is 40.9 Å². The van der Waals surface area contributed by atoms with Crippen molar-refractivity contribution in [2.75, 3.05) is 23.8 Å². The zero-order chi connectivity index (χ0) is 28.6. The molecular weight excluding hydrogens is 535 g/mol. The van der Waals surface area contributed by atoms with E-state index in [2.05, 4.69) is 10.6 Å². The zero-order valence-electron chi connectivity index (χ0n) is 20.9. The highest BCUT2D eigenvalue weighted by Gasteiger charge is 2.30. The van der Waals surface area contributed by atoms with Gasteiger partial charge in [0.15, 0.2) is 18.1 Å². The first-order valence-electron chi connectivity index (χ1n) is 11.6. The van der Waals surface area contributed by atoms with Gasteiger partial charge < -0.3 is 20.1 Å². The van der Waals surface area contributed by atoms with Crippen molar-refractivity contribution in [1.82, 2.24) is 0 Å². The molecule has 2 amide bonds. The average molecular weight is 558 g/mol. The number of carbonyl (C=O) groups is 2. The highest BCUT2D eigenvalue weighted by atomic mass is 35.5. The van der Waals surface area contributed by atoms with Crippen LogP contribution in [0.4, 0.5) is 24.5 Å². The first-order chi connectivity index (χ1) is 18.5. The van der Waals surface area contributed by atoms with Gasteiger partial charge in [-0.1, -0.05) is 35.9 Å². The molecule has 202 valence electrons. The summed E-state index contributed by atoms with van der Waals surface area (Å²) >= 11 is 6.38. The van der Waals surface area contributed by atoms with Gasteiger partial charge in [-0.25, -0.2) is 0 Å². The molecule has 0 radical (unpaired) electrons. The van der Waals surface area contributed by atoms with Crippen LogP contribution >= 0.6 is 11.6 Å². The number of hydrogen-bond donors (Lipinski definition) is 2. The third-order valence-electron chi connectivity index (χ3n) is 5.22. The van der Waals surface area contributed by atoms with Crippen LogP contribution in [0.25, 0.3) is 6.08 Å². The molecule has 3 aromatic carbocycles. The molecule has 0 bridgehead atoms. The minimum Gasteiger partial charge on any atom is -0.490 e. The van der Waals surface area contributed by atoms with E-state index in [0.717, 1.165) is 23.8 Å². The van der Waals surface area contributed by atoms with Crippen molar-refractivity contribution in [1.29, 1.82) is 5.26 Å². The Kier molecular flexibility index (Phi) is 9.57. The summed E-state index contributed by atoms with van der Waals surface area (Å²) < 4.78 is 50.1. The second kappa shape index (κ2) is 12.8. The zero-order valence-corrected chi connectivity index (χ0v) is 21.6. The molecule has 0 unspecified atom stereocenters. The summed E-state index contributed by atoms with van der Waals surface area (Å²) in [6.45, 7) is 3.42. The van der Waals surface area contributed by atoms with Crippen LogP contribution in [0, 0.1) is 18.3 Å². The Morgan fingerprint density at radius 3 is 2.46 bits per heavy atom. The maximum atomic E-state index is 13.0. The predicted molar refractivity (Wildman–Crippen MR) is 142 cm³/mol. The van der Waals surface area contributed by atoms with Gasteiger partial charge in [-0.3, -0.25) is 9.59 Å². The molecule has 0 saturated heterocycles. The van der Waals surface area contributed by atoms with Crippen molar-refractivity contribution in [3.05, 3.63) is 87.9 Å². The van der Waals surface area contributed by atoms with Gasteiger partial charge in [-0.15, -0.1) is 0 Å². The summed E-state index contributed by atoms with van der Waals surface area (Å²) in [4.78, 5) is 25.0. The molecule has 0 atom stereocenters. The van der Waals surface area contributed by atoms with Crippen LogP contribution < -0.4 is 20.1 Å². The van der Waals surface area contributed by atoms with E-state index >= 15 is 0 Å². The van der Waals surface area contributed by atoms with Crippen molar-refractivity contribution in [2.24, 2.45) is 0 Å². The van der Waals surface area contributed by atoms with Gasteiger partial charge in [0.1, 0.15) is 11.6 Å². The lowest BCUT2D eigenvalue weighted by molar-refractivity contribution is -0.137.